The van der Waals surface area contributed by atoms with E-state index >= 15 is 0 Å². The predicted octanol–water partition coefficient (Wildman–Crippen LogP) is -3.08. The highest BCUT2D eigenvalue weighted by atomic mass is 16.4. The van der Waals surface area contributed by atoms with Gasteiger partial charge in [0.25, 0.3) is 0 Å². The number of carbonyl (C=O) groups excluding carboxylic acids is 3. The topological polar surface area (TPSA) is 278 Å². The van der Waals surface area contributed by atoms with Gasteiger partial charge in [0.1, 0.15) is 18.1 Å². The quantitative estimate of drug-likeness (QED) is 0.0514. The Kier molecular flexibility index (Phi) is 15.4. The lowest BCUT2D eigenvalue weighted by molar-refractivity contribution is -0.142. The van der Waals surface area contributed by atoms with Crippen LogP contribution in [0.25, 0.3) is 0 Å². The zero-order valence-electron chi connectivity index (χ0n) is 19.9. The monoisotopic (exact) mass is 502 g/mol. The fourth-order valence-corrected chi connectivity index (χ4v) is 2.87. The normalized spacial score (nSPS) is 14.0. The Hall–Kier alpha value is -3.46. The first-order valence-corrected chi connectivity index (χ1v) is 11.3. The number of aliphatic carboxylic acids is 2. The van der Waals surface area contributed by atoms with Gasteiger partial charge < -0.3 is 49.1 Å². The Morgan fingerprint density at radius 1 is 0.829 bits per heavy atom. The van der Waals surface area contributed by atoms with Crippen molar-refractivity contribution in [3.05, 3.63) is 0 Å². The van der Waals surface area contributed by atoms with Crippen LogP contribution in [0.15, 0.2) is 4.99 Å². The summed E-state index contributed by atoms with van der Waals surface area (Å²) in [5.74, 6) is -4.66. The summed E-state index contributed by atoms with van der Waals surface area (Å²) in [6.07, 6.45) is 1.15. The molecule has 0 aromatic rings. The minimum Gasteiger partial charge on any atom is -0.481 e. The second kappa shape index (κ2) is 17.0. The molecule has 0 radical (unpaired) electrons. The maximum atomic E-state index is 13.0. The highest BCUT2D eigenvalue weighted by Gasteiger charge is 2.29. The van der Waals surface area contributed by atoms with E-state index in [0.29, 0.717) is 25.8 Å². The lowest BCUT2D eigenvalue weighted by atomic mass is 10.0. The number of hydrogen-bond acceptors (Lipinski definition) is 8. The van der Waals surface area contributed by atoms with Gasteiger partial charge in [0.15, 0.2) is 5.96 Å². The van der Waals surface area contributed by atoms with E-state index in [1.807, 2.05) is 0 Å². The zero-order chi connectivity index (χ0) is 27.0. The molecule has 0 saturated heterocycles. The predicted molar refractivity (Wildman–Crippen MR) is 127 cm³/mol. The summed E-state index contributed by atoms with van der Waals surface area (Å²) in [6, 6.07) is -4.55. The SMILES string of the molecule is CC(NC(=O)C(CCCCN)NC(=O)C(CCCN=C(N)N)NC(=O)C(N)CCC(=O)O)C(=O)O. The molecule has 0 spiro atoms. The Bertz CT molecular complexity index is 758. The van der Waals surface area contributed by atoms with Crippen LogP contribution in [0.1, 0.15) is 51.9 Å². The molecule has 4 atom stereocenters. The van der Waals surface area contributed by atoms with Crippen LogP contribution < -0.4 is 38.9 Å². The average Bonchev–Trinajstić information content (AvgIpc) is 2.78. The van der Waals surface area contributed by atoms with Gasteiger partial charge in [-0.25, -0.2) is 0 Å². The Labute approximate surface area is 203 Å². The lowest BCUT2D eigenvalue weighted by Crippen LogP contribution is -2.56. The van der Waals surface area contributed by atoms with Gasteiger partial charge in [-0.05, 0) is 52.0 Å². The molecule has 0 aliphatic heterocycles. The molecule has 15 nitrogen and oxygen atoms in total. The fraction of sp³-hybridized carbons (Fsp3) is 0.700. The maximum absolute atomic E-state index is 13.0. The minimum atomic E-state index is -1.24. The number of carbonyl (C=O) groups is 5. The molecule has 0 aromatic heterocycles. The number of carboxylic acid groups (broad SMARTS) is 2. The van der Waals surface area contributed by atoms with Gasteiger partial charge in [-0.2, -0.15) is 0 Å². The van der Waals surface area contributed by atoms with Gasteiger partial charge in [-0.1, -0.05) is 0 Å². The molecule has 0 saturated carbocycles. The Morgan fingerprint density at radius 3 is 1.89 bits per heavy atom. The molecule has 0 aliphatic rings. The molecular formula is C20H38N8O7. The van der Waals surface area contributed by atoms with E-state index < -0.39 is 53.8 Å². The number of hydrogen-bond donors (Lipinski definition) is 9. The van der Waals surface area contributed by atoms with E-state index in [0.717, 1.165) is 0 Å². The Morgan fingerprint density at radius 2 is 1.37 bits per heavy atom. The van der Waals surface area contributed by atoms with Crippen LogP contribution in [0.2, 0.25) is 0 Å². The van der Waals surface area contributed by atoms with Gasteiger partial charge in [-0.15, -0.1) is 0 Å². The summed E-state index contributed by atoms with van der Waals surface area (Å²) in [5, 5.41) is 25.1. The van der Waals surface area contributed by atoms with Gasteiger partial charge in [0, 0.05) is 13.0 Å². The average molecular weight is 503 g/mol. The third-order valence-corrected chi connectivity index (χ3v) is 4.89. The summed E-state index contributed by atoms with van der Waals surface area (Å²) in [6.45, 7) is 1.82. The largest absolute Gasteiger partial charge is 0.481 e. The number of aliphatic imine (C=N–C) groups is 1. The number of carboxylic acids is 2. The van der Waals surface area contributed by atoms with Crippen LogP contribution in [0.3, 0.4) is 0 Å². The number of nitrogens with two attached hydrogens (primary N) is 4. The molecule has 13 N–H and O–H groups in total. The Balaban J connectivity index is 5.46. The first kappa shape index (κ1) is 31.5. The van der Waals surface area contributed by atoms with E-state index in [4.69, 9.17) is 33.1 Å². The molecule has 0 heterocycles. The second-order valence-corrected chi connectivity index (χ2v) is 7.96. The van der Waals surface area contributed by atoms with Gasteiger partial charge in [0.05, 0.1) is 6.04 Å². The molecule has 0 rings (SSSR count). The van der Waals surface area contributed by atoms with Crippen molar-refractivity contribution in [2.45, 2.75) is 76.0 Å². The van der Waals surface area contributed by atoms with Crippen molar-refractivity contribution in [3.63, 3.8) is 0 Å². The molecule has 0 bridgehead atoms. The van der Waals surface area contributed by atoms with E-state index in [1.165, 1.54) is 6.92 Å². The maximum Gasteiger partial charge on any atom is 0.325 e. The minimum absolute atomic E-state index is 0.0860. The summed E-state index contributed by atoms with van der Waals surface area (Å²) >= 11 is 0. The number of nitrogens with one attached hydrogen (secondary N) is 3. The van der Waals surface area contributed by atoms with E-state index in [1.54, 1.807) is 0 Å². The van der Waals surface area contributed by atoms with Crippen molar-refractivity contribution >= 4 is 35.6 Å². The summed E-state index contributed by atoms with van der Waals surface area (Å²) < 4.78 is 0. The van der Waals surface area contributed by atoms with Gasteiger partial charge in [0.2, 0.25) is 17.7 Å². The summed E-state index contributed by atoms with van der Waals surface area (Å²) in [5.41, 5.74) is 21.8. The fourth-order valence-electron chi connectivity index (χ4n) is 2.87. The van der Waals surface area contributed by atoms with Crippen LogP contribution >= 0.6 is 0 Å². The highest BCUT2D eigenvalue weighted by molar-refractivity contribution is 5.94. The molecule has 4 unspecified atom stereocenters. The molecule has 0 aromatic carbocycles. The van der Waals surface area contributed by atoms with Crippen molar-refractivity contribution in [2.24, 2.45) is 27.9 Å². The molecule has 15 heteroatoms. The number of nitrogens with zero attached hydrogens (tertiary/aromatic N) is 1. The van der Waals surface area contributed by atoms with Gasteiger partial charge >= 0.3 is 11.9 Å². The number of amides is 3. The molecule has 0 aliphatic carbocycles. The van der Waals surface area contributed by atoms with Crippen molar-refractivity contribution in [1.29, 1.82) is 0 Å². The first-order chi connectivity index (χ1) is 16.4. The molecule has 35 heavy (non-hydrogen) atoms. The van der Waals surface area contributed by atoms with E-state index in [-0.39, 0.29) is 38.2 Å². The van der Waals surface area contributed by atoms with E-state index in [2.05, 4.69) is 20.9 Å². The van der Waals surface area contributed by atoms with Crippen LogP contribution in [0.4, 0.5) is 0 Å². The molecular weight excluding hydrogens is 464 g/mol. The molecule has 0 fully saturated rings. The van der Waals surface area contributed by atoms with Crippen LogP contribution in [0.5, 0.6) is 0 Å². The third-order valence-electron chi connectivity index (χ3n) is 4.89. The van der Waals surface area contributed by atoms with Crippen molar-refractivity contribution < 1.29 is 34.2 Å². The first-order valence-electron chi connectivity index (χ1n) is 11.3. The highest BCUT2D eigenvalue weighted by Crippen LogP contribution is 2.06. The standard InChI is InChI=1S/C20H38N8O7/c1-11(19(34)35)26-17(32)13(5-2-3-9-21)28-18(33)14(6-4-10-25-20(23)24)27-16(31)12(22)7-8-15(29)30/h11-14H,2-10,21-22H2,1H3,(H,26,32)(H,27,31)(H,28,33)(H,29,30)(H,34,35)(H4,23,24,25). The molecule has 3 amide bonds. The van der Waals surface area contributed by atoms with Crippen molar-refractivity contribution in [3.8, 4) is 0 Å². The van der Waals surface area contributed by atoms with Crippen LogP contribution in [0, 0.1) is 0 Å². The number of rotatable bonds is 18. The van der Waals surface area contributed by atoms with Crippen LogP contribution in [-0.2, 0) is 24.0 Å². The number of guanidine groups is 1. The lowest BCUT2D eigenvalue weighted by Gasteiger charge is -2.24. The van der Waals surface area contributed by atoms with Crippen LogP contribution in [-0.4, -0.2) is 83.1 Å². The summed E-state index contributed by atoms with van der Waals surface area (Å²) in [4.78, 5) is 63.6. The second-order valence-electron chi connectivity index (χ2n) is 7.96. The van der Waals surface area contributed by atoms with Crippen molar-refractivity contribution in [1.82, 2.24) is 16.0 Å². The smallest absolute Gasteiger partial charge is 0.325 e. The van der Waals surface area contributed by atoms with E-state index in [9.17, 15) is 24.0 Å². The number of unbranched alkanes of at least 4 members (excludes halogenated alkanes) is 1. The van der Waals surface area contributed by atoms with Crippen molar-refractivity contribution in [2.75, 3.05) is 13.1 Å². The zero-order valence-corrected chi connectivity index (χ0v) is 19.9. The molecule has 200 valence electrons. The summed E-state index contributed by atoms with van der Waals surface area (Å²) in [7, 11) is 0. The van der Waals surface area contributed by atoms with Gasteiger partial charge in [-0.3, -0.25) is 29.0 Å². The third kappa shape index (κ3) is 14.4.